The summed E-state index contributed by atoms with van der Waals surface area (Å²) in [7, 11) is 0. The molecule has 1 amide bonds. The highest BCUT2D eigenvalue weighted by Crippen LogP contribution is 2.29. The van der Waals surface area contributed by atoms with E-state index in [4.69, 9.17) is 40.5 Å². The van der Waals surface area contributed by atoms with Crippen LogP contribution in [0, 0.1) is 0 Å². The smallest absolute Gasteiger partial charge is 0.251 e. The zero-order valence-corrected chi connectivity index (χ0v) is 13.4. The first kappa shape index (κ1) is 16.0. The molecule has 0 aliphatic rings. The van der Waals surface area contributed by atoms with Gasteiger partial charge in [0.15, 0.2) is 0 Å². The maximum atomic E-state index is 12.2. The molecule has 0 fully saturated rings. The van der Waals surface area contributed by atoms with Crippen LogP contribution >= 0.6 is 34.8 Å². The van der Waals surface area contributed by atoms with Gasteiger partial charge in [-0.2, -0.15) is 0 Å². The average Bonchev–Trinajstić information content (AvgIpc) is 2.44. The molecule has 0 aromatic heterocycles. The Kier molecular flexibility index (Phi) is 4.99. The summed E-state index contributed by atoms with van der Waals surface area (Å²) in [6.45, 7) is 1.88. The fourth-order valence-corrected chi connectivity index (χ4v) is 2.44. The Morgan fingerprint density at radius 2 is 1.62 bits per heavy atom. The molecule has 21 heavy (non-hydrogen) atoms. The maximum Gasteiger partial charge on any atom is 0.251 e. The van der Waals surface area contributed by atoms with Crippen molar-refractivity contribution < 1.29 is 4.79 Å². The van der Waals surface area contributed by atoms with Gasteiger partial charge in [-0.25, -0.2) is 0 Å². The number of nitrogens with one attached hydrogen (secondary N) is 1. The van der Waals surface area contributed by atoms with Crippen molar-refractivity contribution in [3.05, 3.63) is 62.6 Å². The number of amides is 1. The highest BCUT2D eigenvalue weighted by atomic mass is 35.5. The summed E-state index contributed by atoms with van der Waals surface area (Å²) in [5, 5.41) is 4.03. The van der Waals surface area contributed by atoms with Crippen molar-refractivity contribution in [2.75, 3.05) is 5.73 Å². The molecule has 1 unspecified atom stereocenters. The van der Waals surface area contributed by atoms with Crippen molar-refractivity contribution in [2.24, 2.45) is 0 Å². The van der Waals surface area contributed by atoms with Crippen LogP contribution in [0.25, 0.3) is 0 Å². The van der Waals surface area contributed by atoms with Crippen molar-refractivity contribution in [3.8, 4) is 0 Å². The molecule has 0 spiro atoms. The van der Waals surface area contributed by atoms with Crippen LogP contribution in [0.5, 0.6) is 0 Å². The molecular weight excluding hydrogens is 331 g/mol. The van der Waals surface area contributed by atoms with E-state index in [0.29, 0.717) is 10.6 Å². The van der Waals surface area contributed by atoms with Gasteiger partial charge in [-0.3, -0.25) is 4.79 Å². The Balaban J connectivity index is 2.16. The second-order valence-corrected chi connectivity index (χ2v) is 5.85. The molecule has 0 heterocycles. The van der Waals surface area contributed by atoms with Crippen molar-refractivity contribution in [1.29, 1.82) is 0 Å². The number of carbonyl (C=O) groups excluding carboxylic acids is 1. The number of halogens is 3. The molecule has 0 aliphatic carbocycles. The van der Waals surface area contributed by atoms with Crippen LogP contribution < -0.4 is 11.1 Å². The number of carbonyl (C=O) groups is 1. The molecule has 6 heteroatoms. The summed E-state index contributed by atoms with van der Waals surface area (Å²) < 4.78 is 0. The summed E-state index contributed by atoms with van der Waals surface area (Å²) in [5.41, 5.74) is 7.22. The molecule has 3 N–H and O–H groups in total. The Morgan fingerprint density at radius 3 is 2.14 bits per heavy atom. The number of hydrogen-bond donors (Lipinski definition) is 2. The standard InChI is InChI=1S/C15H13Cl3N2O/c1-8(9-2-4-11(16)5-3-9)20-15(21)10-6-12(17)14(19)13(18)7-10/h2-8H,19H2,1H3,(H,20,21). The molecule has 2 aromatic rings. The van der Waals surface area contributed by atoms with Crippen molar-refractivity contribution >= 4 is 46.4 Å². The second-order valence-electron chi connectivity index (χ2n) is 4.60. The molecule has 1 atom stereocenters. The predicted octanol–water partition coefficient (Wildman–Crippen LogP) is 4.72. The number of nitrogens with two attached hydrogens (primary N) is 1. The molecule has 0 bridgehead atoms. The molecule has 0 radical (unpaired) electrons. The van der Waals surface area contributed by atoms with E-state index in [1.54, 1.807) is 12.1 Å². The minimum absolute atomic E-state index is 0.176. The maximum absolute atomic E-state index is 12.2. The molecule has 3 nitrogen and oxygen atoms in total. The topological polar surface area (TPSA) is 55.1 Å². The van der Waals surface area contributed by atoms with Gasteiger partial charge in [-0.15, -0.1) is 0 Å². The van der Waals surface area contributed by atoms with Crippen LogP contribution in [0.3, 0.4) is 0 Å². The molecule has 2 rings (SSSR count). The van der Waals surface area contributed by atoms with Gasteiger partial charge in [0.2, 0.25) is 0 Å². The van der Waals surface area contributed by atoms with E-state index >= 15 is 0 Å². The van der Waals surface area contributed by atoms with Gasteiger partial charge >= 0.3 is 0 Å². The normalized spacial score (nSPS) is 12.0. The Hall–Kier alpha value is -1.42. The molecule has 0 saturated carbocycles. The minimum Gasteiger partial charge on any atom is -0.396 e. The number of benzene rings is 2. The van der Waals surface area contributed by atoms with Crippen LogP contribution in [-0.2, 0) is 0 Å². The van der Waals surface area contributed by atoms with Gasteiger partial charge in [0.1, 0.15) is 0 Å². The lowest BCUT2D eigenvalue weighted by atomic mass is 10.1. The zero-order chi connectivity index (χ0) is 15.6. The monoisotopic (exact) mass is 342 g/mol. The Labute approximate surface area is 138 Å². The summed E-state index contributed by atoms with van der Waals surface area (Å²) in [6.07, 6.45) is 0. The van der Waals surface area contributed by atoms with Crippen LogP contribution in [0.4, 0.5) is 5.69 Å². The van der Waals surface area contributed by atoms with Crippen molar-refractivity contribution in [3.63, 3.8) is 0 Å². The third-order valence-electron chi connectivity index (χ3n) is 3.06. The fraction of sp³-hybridized carbons (Fsp3) is 0.133. The zero-order valence-electron chi connectivity index (χ0n) is 11.2. The van der Waals surface area contributed by atoms with E-state index in [1.165, 1.54) is 12.1 Å². The highest BCUT2D eigenvalue weighted by molar-refractivity contribution is 6.39. The summed E-state index contributed by atoms with van der Waals surface area (Å²) in [6, 6.07) is 10.1. The largest absolute Gasteiger partial charge is 0.396 e. The number of anilines is 1. The molecular formula is C15H13Cl3N2O. The van der Waals surface area contributed by atoms with E-state index in [-0.39, 0.29) is 27.7 Å². The first-order valence-electron chi connectivity index (χ1n) is 6.19. The Bertz CT molecular complexity index is 648. The van der Waals surface area contributed by atoms with Crippen molar-refractivity contribution in [2.45, 2.75) is 13.0 Å². The highest BCUT2D eigenvalue weighted by Gasteiger charge is 2.14. The fourth-order valence-electron chi connectivity index (χ4n) is 1.83. The van der Waals surface area contributed by atoms with Gasteiger partial charge in [0.05, 0.1) is 21.8 Å². The lowest BCUT2D eigenvalue weighted by Gasteiger charge is -2.15. The van der Waals surface area contributed by atoms with E-state index in [0.717, 1.165) is 5.56 Å². The number of nitrogen functional groups attached to an aromatic ring is 1. The number of hydrogen-bond acceptors (Lipinski definition) is 2. The summed E-state index contributed by atoms with van der Waals surface area (Å²) >= 11 is 17.7. The second kappa shape index (κ2) is 6.56. The Morgan fingerprint density at radius 1 is 1.10 bits per heavy atom. The molecule has 2 aromatic carbocycles. The van der Waals surface area contributed by atoms with Crippen LogP contribution in [-0.4, -0.2) is 5.91 Å². The molecule has 0 saturated heterocycles. The van der Waals surface area contributed by atoms with Gasteiger partial charge in [-0.1, -0.05) is 46.9 Å². The molecule has 0 aliphatic heterocycles. The quantitative estimate of drug-likeness (QED) is 0.792. The van der Waals surface area contributed by atoms with Crippen LogP contribution in [0.1, 0.15) is 28.9 Å². The summed E-state index contributed by atoms with van der Waals surface area (Å²) in [4.78, 5) is 12.2. The van der Waals surface area contributed by atoms with E-state index < -0.39 is 0 Å². The van der Waals surface area contributed by atoms with Gasteiger partial charge in [-0.05, 0) is 36.8 Å². The van der Waals surface area contributed by atoms with Crippen molar-refractivity contribution in [1.82, 2.24) is 5.32 Å². The predicted molar refractivity (Wildman–Crippen MR) is 88.2 cm³/mol. The third kappa shape index (κ3) is 3.82. The number of rotatable bonds is 3. The van der Waals surface area contributed by atoms with E-state index in [9.17, 15) is 4.79 Å². The minimum atomic E-state index is -0.277. The first-order valence-corrected chi connectivity index (χ1v) is 7.32. The van der Waals surface area contributed by atoms with Gasteiger partial charge in [0, 0.05) is 10.6 Å². The van der Waals surface area contributed by atoms with Crippen LogP contribution in [0.2, 0.25) is 15.1 Å². The first-order chi connectivity index (χ1) is 9.88. The lowest BCUT2D eigenvalue weighted by Crippen LogP contribution is -2.26. The average molecular weight is 344 g/mol. The molecule has 110 valence electrons. The third-order valence-corrected chi connectivity index (χ3v) is 3.94. The van der Waals surface area contributed by atoms with Gasteiger partial charge < -0.3 is 11.1 Å². The van der Waals surface area contributed by atoms with E-state index in [2.05, 4.69) is 5.32 Å². The van der Waals surface area contributed by atoms with Gasteiger partial charge in [0.25, 0.3) is 5.91 Å². The SMILES string of the molecule is CC(NC(=O)c1cc(Cl)c(N)c(Cl)c1)c1ccc(Cl)cc1. The summed E-state index contributed by atoms with van der Waals surface area (Å²) in [5.74, 6) is -0.277. The lowest BCUT2D eigenvalue weighted by molar-refractivity contribution is 0.0940. The van der Waals surface area contributed by atoms with E-state index in [1.807, 2.05) is 19.1 Å². The van der Waals surface area contributed by atoms with Crippen LogP contribution in [0.15, 0.2) is 36.4 Å².